The first-order valence-electron chi connectivity index (χ1n) is 23.1. The van der Waals surface area contributed by atoms with Crippen LogP contribution in [0.15, 0.2) is 72.3 Å². The number of nitrogens with zero attached hydrogens (tertiary/aromatic N) is 12. The third-order valence-corrected chi connectivity index (χ3v) is 13.5. The maximum absolute atomic E-state index is 12.5. The molecule has 11 rings (SSSR count). The lowest BCUT2D eigenvalue weighted by molar-refractivity contribution is 0.0981. The predicted octanol–water partition coefficient (Wildman–Crippen LogP) is 2.75. The number of phenols is 1. The van der Waals surface area contributed by atoms with Gasteiger partial charge in [0.25, 0.3) is 17.7 Å². The van der Waals surface area contributed by atoms with Crippen molar-refractivity contribution in [3.05, 3.63) is 135 Å². The van der Waals surface area contributed by atoms with Gasteiger partial charge in [0, 0.05) is 62.7 Å². The molecule has 24 nitrogen and oxygen atoms in total. The van der Waals surface area contributed by atoms with Crippen LogP contribution in [0.3, 0.4) is 0 Å². The number of phenolic OH excluding ortho intramolecular Hbond substituents is 1. The molecule has 382 valence electrons. The number of ether oxygens (including phenoxy) is 1. The number of nitrogens with two attached hydrogens (primary N) is 3. The average molecular weight is 1030 g/mol. The molecule has 3 amide bonds. The van der Waals surface area contributed by atoms with Crippen molar-refractivity contribution in [1.82, 2.24) is 59.2 Å². The molecule has 2 aromatic carbocycles. The van der Waals surface area contributed by atoms with Gasteiger partial charge in [-0.05, 0) is 86.4 Å². The zero-order chi connectivity index (χ0) is 53.6. The number of primary amides is 3. The number of hydrogen-bond donors (Lipinski definition) is 4. The van der Waals surface area contributed by atoms with Crippen LogP contribution in [0.4, 0.5) is 0 Å². The third-order valence-electron chi connectivity index (χ3n) is 12.7. The summed E-state index contributed by atoms with van der Waals surface area (Å²) in [5.41, 5.74) is 26.5. The first kappa shape index (κ1) is 50.5. The van der Waals surface area contributed by atoms with Gasteiger partial charge in [-0.2, -0.15) is 20.3 Å². The number of para-hydroxylation sites is 2. The number of sulfone groups is 1. The number of carbonyl (C=O) groups excluding carboxylic acids is 5. The molecule has 0 bridgehead atoms. The lowest BCUT2D eigenvalue weighted by Crippen LogP contribution is -2.16. The van der Waals surface area contributed by atoms with Gasteiger partial charge in [-0.15, -0.1) is 0 Å². The van der Waals surface area contributed by atoms with Crippen molar-refractivity contribution in [3.8, 4) is 51.7 Å². The van der Waals surface area contributed by atoms with Crippen LogP contribution in [0.2, 0.25) is 0 Å². The van der Waals surface area contributed by atoms with Crippen molar-refractivity contribution in [2.75, 3.05) is 6.26 Å². The number of rotatable bonds is 10. The number of hydrogen-bond acceptors (Lipinski definition) is 18. The average Bonchev–Trinajstić information content (AvgIpc) is 4.04. The lowest BCUT2D eigenvalue weighted by Gasteiger charge is -2.17. The second-order valence-electron chi connectivity index (χ2n) is 17.7. The van der Waals surface area contributed by atoms with Crippen molar-refractivity contribution in [1.29, 1.82) is 0 Å². The van der Waals surface area contributed by atoms with E-state index in [0.29, 0.717) is 84.0 Å². The van der Waals surface area contributed by atoms with Crippen LogP contribution in [-0.4, -0.2) is 108 Å². The van der Waals surface area contributed by atoms with Gasteiger partial charge in [-0.25, -0.2) is 33.3 Å². The van der Waals surface area contributed by atoms with Crippen molar-refractivity contribution < 1.29 is 42.2 Å². The molecule has 0 aliphatic heterocycles. The van der Waals surface area contributed by atoms with E-state index in [1.165, 1.54) is 23.9 Å². The molecular formula is C50H47N15O9S. The number of benzene rings is 2. The van der Waals surface area contributed by atoms with Gasteiger partial charge in [-0.3, -0.25) is 38.0 Å². The molecule has 3 aliphatic carbocycles. The fourth-order valence-corrected chi connectivity index (χ4v) is 9.77. The summed E-state index contributed by atoms with van der Waals surface area (Å²) < 4.78 is 33.7. The van der Waals surface area contributed by atoms with Gasteiger partial charge in [0.1, 0.15) is 17.3 Å². The highest BCUT2D eigenvalue weighted by Crippen LogP contribution is 2.37. The third kappa shape index (κ3) is 9.82. The molecule has 75 heavy (non-hydrogen) atoms. The van der Waals surface area contributed by atoms with Gasteiger partial charge in [0.15, 0.2) is 28.6 Å². The summed E-state index contributed by atoms with van der Waals surface area (Å²) in [6.45, 7) is 1.48. The van der Waals surface area contributed by atoms with Gasteiger partial charge >= 0.3 is 6.01 Å². The highest BCUT2D eigenvalue weighted by molar-refractivity contribution is 7.90. The molecule has 0 fully saturated rings. The Hall–Kier alpha value is -9.39. The number of fused-ring (bicyclic) bond motifs is 9. The number of aromatic nitrogens is 12. The van der Waals surface area contributed by atoms with Crippen LogP contribution in [-0.2, 0) is 75.9 Å². The molecule has 0 saturated heterocycles. The summed E-state index contributed by atoms with van der Waals surface area (Å²) in [6, 6.07) is 13.4. The van der Waals surface area contributed by atoms with E-state index < -0.39 is 27.6 Å². The Kier molecular flexibility index (Phi) is 13.4. The summed E-state index contributed by atoms with van der Waals surface area (Å²) in [4.78, 5) is 84.7. The smallest absolute Gasteiger partial charge is 0.322 e. The molecule has 0 saturated carbocycles. The van der Waals surface area contributed by atoms with E-state index in [0.717, 1.165) is 45.5 Å². The van der Waals surface area contributed by atoms with Gasteiger partial charge in [0.2, 0.25) is 15.0 Å². The monoisotopic (exact) mass is 1030 g/mol. The highest BCUT2D eigenvalue weighted by atomic mass is 32.2. The zero-order valence-electron chi connectivity index (χ0n) is 41.0. The maximum atomic E-state index is 12.5. The van der Waals surface area contributed by atoms with Crippen molar-refractivity contribution in [3.63, 3.8) is 0 Å². The molecule has 8 aromatic rings. The molecule has 3 aliphatic rings. The zero-order valence-corrected chi connectivity index (χ0v) is 41.8. The summed E-state index contributed by atoms with van der Waals surface area (Å²) in [5, 5.41) is 22.2. The minimum atomic E-state index is -3.50. The first-order valence-corrected chi connectivity index (χ1v) is 25.0. The normalized spacial score (nSPS) is 12.7. The number of aryl methyl sites for hydroxylation is 6. The van der Waals surface area contributed by atoms with Crippen molar-refractivity contribution in [2.45, 2.75) is 57.0 Å². The minimum absolute atomic E-state index is 0.0410. The second kappa shape index (κ2) is 19.9. The molecular weight excluding hydrogens is 987 g/mol. The largest absolute Gasteiger partial charge is 0.507 e. The van der Waals surface area contributed by atoms with Crippen LogP contribution in [0.1, 0.15) is 98.3 Å². The first-order chi connectivity index (χ1) is 35.7. The number of carbonyl (C=O) groups is 5. The molecule has 0 spiro atoms. The lowest BCUT2D eigenvalue weighted by atomic mass is 9.93. The molecule has 0 radical (unpaired) electrons. The molecule has 0 atom stereocenters. The van der Waals surface area contributed by atoms with E-state index in [4.69, 9.17) is 21.9 Å². The molecule has 6 heterocycles. The molecule has 0 unspecified atom stereocenters. The van der Waals surface area contributed by atoms with Gasteiger partial charge in [0.05, 0.1) is 51.7 Å². The Bertz CT molecular complexity index is 3820. The Balaban J connectivity index is 0.000000139. The fraction of sp³-hybridized carbons (Fsp3) is 0.240. The standard InChI is InChI=1S/2C19H17N5O3.C12H13N5O3S/c1-10(25)12-5-3-4-6-14(12)27-19-21-9-11-7-8-13-16(18(20)26)23-24(2)17(13)15(11)22-19;1-24-18-12(17(23-24)19(20)27)7-6-10-9-21-15(22-16(10)18)8-14(26)11-4-2-3-5-13(11)25;1-17-10-7(9(16-17)11(13)18)4-3-6-5-14-12(15-8(6)10)21(2,19)20/h3-6,9H,7-8H2,1-2H3,(H2,20,26);2-5,9,25H,6-8H2,1H3,(H2,20,27);5H,3-4H2,1-2H3,(H2,13,18). The van der Waals surface area contributed by atoms with Crippen LogP contribution >= 0.6 is 0 Å². The summed E-state index contributed by atoms with van der Waals surface area (Å²) in [5.74, 6) is -1.44. The predicted molar refractivity (Wildman–Crippen MR) is 266 cm³/mol. The SMILES string of the molecule is CC(=O)c1ccccc1Oc1ncc2c(n1)-c1c(c(C(N)=O)nn1C)CC2.Cn1nc(C(N)=O)c2c1-c1nc(CC(=O)c3ccccc3O)ncc1CC2.Cn1nc(C(N)=O)c2c1-c1nc(S(C)(=O)=O)ncc1CC2. The number of Topliss-reactive ketones (excluding diaryl/α,β-unsaturated/α-hetero) is 2. The van der Waals surface area contributed by atoms with E-state index in [1.807, 2.05) is 0 Å². The van der Waals surface area contributed by atoms with Crippen LogP contribution in [0, 0.1) is 0 Å². The Morgan fingerprint density at radius 2 is 1.04 bits per heavy atom. The van der Waals surface area contributed by atoms with Gasteiger partial charge in [-0.1, -0.05) is 24.3 Å². The number of aromatic hydroxyl groups is 1. The Morgan fingerprint density at radius 3 is 1.52 bits per heavy atom. The van der Waals surface area contributed by atoms with Crippen molar-refractivity contribution in [2.24, 2.45) is 38.3 Å². The Labute approximate surface area is 427 Å². The molecule has 6 aromatic heterocycles. The van der Waals surface area contributed by atoms with Crippen LogP contribution in [0.25, 0.3) is 34.2 Å². The summed E-state index contributed by atoms with van der Waals surface area (Å²) in [6.07, 6.45) is 9.76. The molecule has 25 heteroatoms. The number of amides is 3. The van der Waals surface area contributed by atoms with Crippen molar-refractivity contribution >= 4 is 39.1 Å². The van der Waals surface area contributed by atoms with Crippen LogP contribution < -0.4 is 21.9 Å². The van der Waals surface area contributed by atoms with Gasteiger partial charge < -0.3 is 27.0 Å². The van der Waals surface area contributed by atoms with E-state index in [-0.39, 0.29) is 57.5 Å². The van der Waals surface area contributed by atoms with E-state index >= 15 is 0 Å². The summed E-state index contributed by atoms with van der Waals surface area (Å²) in [7, 11) is 1.64. The highest BCUT2D eigenvalue weighted by Gasteiger charge is 2.32. The number of ketones is 2. The Morgan fingerprint density at radius 1 is 0.600 bits per heavy atom. The topological polar surface area (TPSA) is 358 Å². The second-order valence-corrected chi connectivity index (χ2v) is 19.7. The van der Waals surface area contributed by atoms with E-state index in [2.05, 4.69) is 45.2 Å². The van der Waals surface area contributed by atoms with Crippen LogP contribution in [0.5, 0.6) is 17.5 Å². The minimum Gasteiger partial charge on any atom is -0.507 e. The molecule has 7 N–H and O–H groups in total. The maximum Gasteiger partial charge on any atom is 0.322 e. The summed E-state index contributed by atoms with van der Waals surface area (Å²) >= 11 is 0. The van der Waals surface area contributed by atoms with E-state index in [9.17, 15) is 37.5 Å². The van der Waals surface area contributed by atoms with E-state index in [1.54, 1.807) is 85.4 Å². The fourth-order valence-electron chi connectivity index (χ4n) is 9.27. The quantitative estimate of drug-likeness (QED) is 0.113.